The Morgan fingerprint density at radius 1 is 1.21 bits per heavy atom. The molecule has 0 radical (unpaired) electrons. The number of hydrogen-bond acceptors (Lipinski definition) is 5. The van der Waals surface area contributed by atoms with Gasteiger partial charge in [0.05, 0.1) is 6.20 Å². The number of aromatic nitrogens is 4. The van der Waals surface area contributed by atoms with Gasteiger partial charge in [-0.15, -0.1) is 0 Å². The maximum Gasteiger partial charge on any atom is 0.182 e. The summed E-state index contributed by atoms with van der Waals surface area (Å²) in [5, 5.41) is 3.30. The molecule has 0 aliphatic rings. The summed E-state index contributed by atoms with van der Waals surface area (Å²) in [4.78, 5) is 17.4. The molecule has 0 saturated carbocycles. The fourth-order valence-electron chi connectivity index (χ4n) is 1.63. The molecule has 0 fully saturated rings. The second-order valence-electron chi connectivity index (χ2n) is 4.67. The van der Waals surface area contributed by atoms with Gasteiger partial charge in [-0.1, -0.05) is 20.8 Å². The summed E-state index contributed by atoms with van der Waals surface area (Å²) < 4.78 is 0. The van der Waals surface area contributed by atoms with Crippen LogP contribution in [0.2, 0.25) is 0 Å². The van der Waals surface area contributed by atoms with Crippen LogP contribution in [-0.4, -0.2) is 26.5 Å². The third-order valence-electron chi connectivity index (χ3n) is 2.69. The molecule has 5 nitrogen and oxygen atoms in total. The van der Waals surface area contributed by atoms with E-state index in [0.717, 1.165) is 24.5 Å². The van der Waals surface area contributed by atoms with Crippen molar-refractivity contribution in [3.05, 3.63) is 30.4 Å². The lowest BCUT2D eigenvalue weighted by Crippen LogP contribution is -2.06. The van der Waals surface area contributed by atoms with Crippen LogP contribution in [0.15, 0.2) is 24.7 Å². The smallest absolute Gasteiger partial charge is 0.182 e. The number of hydrogen-bond donors (Lipinski definition) is 1. The van der Waals surface area contributed by atoms with Gasteiger partial charge in [-0.05, 0) is 12.3 Å². The van der Waals surface area contributed by atoms with Gasteiger partial charge in [0.1, 0.15) is 11.5 Å². The number of nitrogens with one attached hydrogen (secondary N) is 1. The molecule has 1 N–H and O–H groups in total. The number of nitrogens with zero attached hydrogens (tertiary/aromatic N) is 4. The van der Waals surface area contributed by atoms with Crippen molar-refractivity contribution in [2.75, 3.05) is 11.9 Å². The van der Waals surface area contributed by atoms with Crippen molar-refractivity contribution in [3.8, 4) is 11.5 Å². The van der Waals surface area contributed by atoms with Crippen LogP contribution in [0.1, 0.15) is 38.8 Å². The van der Waals surface area contributed by atoms with Crippen LogP contribution in [0.4, 0.5) is 5.82 Å². The van der Waals surface area contributed by atoms with E-state index in [4.69, 9.17) is 0 Å². The predicted octanol–water partition coefficient (Wildman–Crippen LogP) is 2.88. The molecule has 0 unspecified atom stereocenters. The Bertz CT molecular complexity index is 525. The van der Waals surface area contributed by atoms with Crippen LogP contribution in [-0.2, 0) is 0 Å². The minimum Gasteiger partial charge on any atom is -0.370 e. The summed E-state index contributed by atoms with van der Waals surface area (Å²) in [7, 11) is 0. The van der Waals surface area contributed by atoms with E-state index in [1.807, 2.05) is 6.07 Å². The first-order valence-corrected chi connectivity index (χ1v) is 6.60. The zero-order chi connectivity index (χ0) is 13.7. The van der Waals surface area contributed by atoms with E-state index in [0.29, 0.717) is 17.4 Å². The lowest BCUT2D eigenvalue weighted by molar-refractivity contribution is 0.814. The molecule has 0 aromatic carbocycles. The van der Waals surface area contributed by atoms with Gasteiger partial charge in [-0.3, -0.25) is 4.98 Å². The maximum atomic E-state index is 4.56. The average Bonchev–Trinajstić information content (AvgIpc) is 2.45. The van der Waals surface area contributed by atoms with E-state index >= 15 is 0 Å². The molecule has 0 aliphatic heterocycles. The van der Waals surface area contributed by atoms with E-state index in [1.54, 1.807) is 18.6 Å². The van der Waals surface area contributed by atoms with Crippen molar-refractivity contribution < 1.29 is 0 Å². The van der Waals surface area contributed by atoms with Gasteiger partial charge in [-0.25, -0.2) is 15.0 Å². The Morgan fingerprint density at radius 2 is 2.05 bits per heavy atom. The molecule has 2 aromatic heterocycles. The minimum absolute atomic E-state index is 0.348. The van der Waals surface area contributed by atoms with Crippen LogP contribution in [0.3, 0.4) is 0 Å². The topological polar surface area (TPSA) is 63.6 Å². The van der Waals surface area contributed by atoms with Crippen molar-refractivity contribution in [2.24, 2.45) is 0 Å². The van der Waals surface area contributed by atoms with Gasteiger partial charge in [0.25, 0.3) is 0 Å². The lowest BCUT2D eigenvalue weighted by atomic mass is 10.1. The van der Waals surface area contributed by atoms with Crippen molar-refractivity contribution in [1.29, 1.82) is 0 Å². The molecule has 5 heteroatoms. The summed E-state index contributed by atoms with van der Waals surface area (Å²) in [5.74, 6) is 1.82. The molecule has 19 heavy (non-hydrogen) atoms. The fraction of sp³-hybridized carbons (Fsp3) is 0.429. The normalized spacial score (nSPS) is 10.7. The minimum atomic E-state index is 0.348. The van der Waals surface area contributed by atoms with Crippen LogP contribution < -0.4 is 5.32 Å². The molecule has 0 bridgehead atoms. The number of rotatable bonds is 5. The Labute approximate surface area is 113 Å². The highest BCUT2D eigenvalue weighted by molar-refractivity contribution is 5.52. The monoisotopic (exact) mass is 257 g/mol. The van der Waals surface area contributed by atoms with E-state index in [1.165, 1.54) is 0 Å². The molecule has 2 heterocycles. The third kappa shape index (κ3) is 3.47. The van der Waals surface area contributed by atoms with Crippen molar-refractivity contribution >= 4 is 5.82 Å². The van der Waals surface area contributed by atoms with E-state index in [-0.39, 0.29) is 0 Å². The first-order valence-electron chi connectivity index (χ1n) is 6.60. The van der Waals surface area contributed by atoms with E-state index in [2.05, 4.69) is 46.0 Å². The summed E-state index contributed by atoms with van der Waals surface area (Å²) in [6, 6.07) is 2.00. The Balaban J connectivity index is 2.39. The van der Waals surface area contributed by atoms with E-state index < -0.39 is 0 Å². The molecular formula is C14H19N5. The van der Waals surface area contributed by atoms with Gasteiger partial charge < -0.3 is 5.32 Å². The largest absolute Gasteiger partial charge is 0.370 e. The zero-order valence-electron chi connectivity index (χ0n) is 11.6. The fourth-order valence-corrected chi connectivity index (χ4v) is 1.63. The third-order valence-corrected chi connectivity index (χ3v) is 2.69. The zero-order valence-corrected chi connectivity index (χ0v) is 11.6. The lowest BCUT2D eigenvalue weighted by Gasteiger charge is -2.11. The predicted molar refractivity (Wildman–Crippen MR) is 75.9 cm³/mol. The Kier molecular flexibility index (Phi) is 4.39. The highest BCUT2D eigenvalue weighted by Crippen LogP contribution is 2.20. The molecule has 0 amide bonds. The SMILES string of the molecule is CCCNc1cc(C(C)C)nc(-c2cnccn2)n1. The van der Waals surface area contributed by atoms with Gasteiger partial charge in [0.2, 0.25) is 0 Å². The van der Waals surface area contributed by atoms with Gasteiger partial charge in [0.15, 0.2) is 5.82 Å². The van der Waals surface area contributed by atoms with E-state index in [9.17, 15) is 0 Å². The second-order valence-corrected chi connectivity index (χ2v) is 4.67. The quantitative estimate of drug-likeness (QED) is 0.892. The second kappa shape index (κ2) is 6.22. The van der Waals surface area contributed by atoms with Crippen molar-refractivity contribution in [1.82, 2.24) is 19.9 Å². The highest BCUT2D eigenvalue weighted by atomic mass is 15.0. The highest BCUT2D eigenvalue weighted by Gasteiger charge is 2.10. The molecule has 100 valence electrons. The average molecular weight is 257 g/mol. The molecule has 2 aromatic rings. The molecule has 0 saturated heterocycles. The maximum absolute atomic E-state index is 4.56. The molecule has 0 spiro atoms. The van der Waals surface area contributed by atoms with Crippen LogP contribution in [0.25, 0.3) is 11.5 Å². The summed E-state index contributed by atoms with van der Waals surface area (Å²) in [6.07, 6.45) is 6.04. The van der Waals surface area contributed by atoms with Crippen LogP contribution in [0, 0.1) is 0 Å². The summed E-state index contributed by atoms with van der Waals surface area (Å²) in [5.41, 5.74) is 1.71. The van der Waals surface area contributed by atoms with Crippen LogP contribution >= 0.6 is 0 Å². The number of anilines is 1. The Morgan fingerprint density at radius 3 is 2.68 bits per heavy atom. The standard InChI is InChI=1S/C14H19N5/c1-4-5-17-13-8-11(10(2)3)18-14(19-13)12-9-15-6-7-16-12/h6-10H,4-5H2,1-3H3,(H,17,18,19). The first kappa shape index (κ1) is 13.4. The van der Waals surface area contributed by atoms with Crippen LogP contribution in [0.5, 0.6) is 0 Å². The summed E-state index contributed by atoms with van der Waals surface area (Å²) in [6.45, 7) is 7.26. The first-order chi connectivity index (χ1) is 9.20. The van der Waals surface area contributed by atoms with Gasteiger partial charge in [0, 0.05) is 30.7 Å². The summed E-state index contributed by atoms with van der Waals surface area (Å²) >= 11 is 0. The van der Waals surface area contributed by atoms with Crippen molar-refractivity contribution in [2.45, 2.75) is 33.1 Å². The molecular weight excluding hydrogens is 238 g/mol. The van der Waals surface area contributed by atoms with Crippen molar-refractivity contribution in [3.63, 3.8) is 0 Å². The molecule has 0 aliphatic carbocycles. The molecule has 2 rings (SSSR count). The Hall–Kier alpha value is -2.04. The molecule has 0 atom stereocenters. The van der Waals surface area contributed by atoms with Gasteiger partial charge >= 0.3 is 0 Å². The van der Waals surface area contributed by atoms with Gasteiger partial charge in [-0.2, -0.15) is 0 Å².